The number of hydrogen-bond donors (Lipinski definition) is 2. The van der Waals surface area contributed by atoms with Crippen LogP contribution in [0.1, 0.15) is 16.7 Å². The van der Waals surface area contributed by atoms with E-state index in [4.69, 9.17) is 10.5 Å². The van der Waals surface area contributed by atoms with Gasteiger partial charge in [0.05, 0.1) is 19.0 Å². The fourth-order valence-electron chi connectivity index (χ4n) is 1.31. The van der Waals surface area contributed by atoms with Crippen LogP contribution in [0.5, 0.6) is 0 Å². The maximum absolute atomic E-state index is 11.6. The van der Waals surface area contributed by atoms with Crippen LogP contribution < -0.4 is 10.5 Å². The summed E-state index contributed by atoms with van der Waals surface area (Å²) in [5.41, 5.74) is 5.24. The maximum atomic E-state index is 11.6. The van der Waals surface area contributed by atoms with Crippen LogP contribution in [0.4, 0.5) is 0 Å². The lowest BCUT2D eigenvalue weighted by atomic mass is 10.4. The average molecular weight is 292 g/mol. The number of nitrogens with two attached hydrogens (primary N) is 1. The second-order valence-electron chi connectivity index (χ2n) is 3.76. The molecule has 1 heterocycles. The Balaban J connectivity index is 2.32. The van der Waals surface area contributed by atoms with Gasteiger partial charge < -0.3 is 10.5 Å². The topological polar surface area (TPSA) is 81.4 Å². The van der Waals surface area contributed by atoms with Crippen molar-refractivity contribution in [3.05, 3.63) is 21.9 Å². The van der Waals surface area contributed by atoms with E-state index in [9.17, 15) is 8.42 Å². The van der Waals surface area contributed by atoms with Gasteiger partial charge in [0.2, 0.25) is 10.0 Å². The minimum atomic E-state index is -3.27. The highest BCUT2D eigenvalue weighted by atomic mass is 32.2. The molecular weight excluding hydrogens is 272 g/mol. The summed E-state index contributed by atoms with van der Waals surface area (Å²) >= 11 is 1.63. The van der Waals surface area contributed by atoms with Gasteiger partial charge in [0.1, 0.15) is 0 Å². The summed E-state index contributed by atoms with van der Waals surface area (Å²) in [6, 6.07) is 3.98. The number of hydrogen-bond acceptors (Lipinski definition) is 5. The molecule has 7 heteroatoms. The first-order valence-corrected chi connectivity index (χ1v) is 8.37. The number of sulfonamides is 1. The molecule has 0 amide bonds. The number of ether oxygens (including phenoxy) is 1. The molecule has 18 heavy (non-hydrogen) atoms. The van der Waals surface area contributed by atoms with Crippen molar-refractivity contribution in [2.24, 2.45) is 5.73 Å². The minimum Gasteiger partial charge on any atom is -0.379 e. The van der Waals surface area contributed by atoms with Gasteiger partial charge in [0, 0.05) is 22.8 Å². The highest BCUT2D eigenvalue weighted by Crippen LogP contribution is 2.16. The summed E-state index contributed by atoms with van der Waals surface area (Å²) in [6.07, 6.45) is 0.977. The summed E-state index contributed by atoms with van der Waals surface area (Å²) in [5.74, 6) is -0.0288. The SMILES string of the molecule is CCc1ccc(CNS(=O)(=O)CCOCCN)s1. The fraction of sp³-hybridized carbons (Fsp3) is 0.636. The zero-order valence-corrected chi connectivity index (χ0v) is 12.1. The summed E-state index contributed by atoms with van der Waals surface area (Å²) in [6.45, 7) is 3.40. The average Bonchev–Trinajstić information content (AvgIpc) is 2.80. The lowest BCUT2D eigenvalue weighted by Gasteiger charge is -2.05. The Morgan fingerprint density at radius 2 is 2.06 bits per heavy atom. The van der Waals surface area contributed by atoms with Gasteiger partial charge in [0.15, 0.2) is 0 Å². The molecule has 1 aromatic heterocycles. The van der Waals surface area contributed by atoms with Gasteiger partial charge in [-0.3, -0.25) is 0 Å². The summed E-state index contributed by atoms with van der Waals surface area (Å²) in [7, 11) is -3.27. The third-order valence-electron chi connectivity index (χ3n) is 2.29. The van der Waals surface area contributed by atoms with E-state index >= 15 is 0 Å². The third kappa shape index (κ3) is 5.92. The maximum Gasteiger partial charge on any atom is 0.214 e. The first-order valence-electron chi connectivity index (χ1n) is 5.90. The number of nitrogens with one attached hydrogen (secondary N) is 1. The Hall–Kier alpha value is -0.470. The molecule has 1 aromatic rings. The lowest BCUT2D eigenvalue weighted by Crippen LogP contribution is -2.28. The number of rotatable bonds is 9. The van der Waals surface area contributed by atoms with Crippen molar-refractivity contribution in [2.45, 2.75) is 19.9 Å². The Morgan fingerprint density at radius 3 is 2.67 bits per heavy atom. The molecule has 0 fully saturated rings. The predicted octanol–water partition coefficient (Wildman–Crippen LogP) is 0.705. The van der Waals surface area contributed by atoms with Gasteiger partial charge in [-0.25, -0.2) is 13.1 Å². The van der Waals surface area contributed by atoms with Crippen LogP contribution in [0.2, 0.25) is 0 Å². The summed E-state index contributed by atoms with van der Waals surface area (Å²) in [5, 5.41) is 0. The molecule has 0 aliphatic carbocycles. The standard InChI is InChI=1S/C11H20N2O3S2/c1-2-10-3-4-11(17-10)9-13-18(14,15)8-7-16-6-5-12/h3-4,13H,2,5-9,12H2,1H3. The molecule has 1 rings (SSSR count). The second-order valence-corrected chi connectivity index (χ2v) is 6.94. The molecule has 0 radical (unpaired) electrons. The zero-order chi connectivity index (χ0) is 13.4. The van der Waals surface area contributed by atoms with Crippen molar-refractivity contribution in [1.29, 1.82) is 0 Å². The van der Waals surface area contributed by atoms with Crippen LogP contribution in [0.15, 0.2) is 12.1 Å². The van der Waals surface area contributed by atoms with Crippen molar-refractivity contribution in [2.75, 3.05) is 25.5 Å². The van der Waals surface area contributed by atoms with E-state index in [-0.39, 0.29) is 12.4 Å². The van der Waals surface area contributed by atoms with Crippen LogP contribution in [0.3, 0.4) is 0 Å². The molecule has 0 saturated heterocycles. The van der Waals surface area contributed by atoms with E-state index < -0.39 is 10.0 Å². The second kappa shape index (κ2) is 7.85. The van der Waals surface area contributed by atoms with Gasteiger partial charge in [-0.05, 0) is 18.6 Å². The summed E-state index contributed by atoms with van der Waals surface area (Å²) in [4.78, 5) is 2.29. The fourth-order valence-corrected chi connectivity index (χ4v) is 3.16. The molecule has 0 bridgehead atoms. The molecule has 5 nitrogen and oxygen atoms in total. The van der Waals surface area contributed by atoms with Crippen LogP contribution >= 0.6 is 11.3 Å². The Morgan fingerprint density at radius 1 is 1.33 bits per heavy atom. The molecule has 0 unspecified atom stereocenters. The first kappa shape index (κ1) is 15.6. The summed E-state index contributed by atoms with van der Waals surface area (Å²) < 4.78 is 30.9. The lowest BCUT2D eigenvalue weighted by molar-refractivity contribution is 0.156. The van der Waals surface area contributed by atoms with Gasteiger partial charge in [-0.2, -0.15) is 0 Å². The Bertz CT molecular complexity index is 443. The molecular formula is C11H20N2O3S2. The predicted molar refractivity (Wildman–Crippen MR) is 74.2 cm³/mol. The molecule has 0 aromatic carbocycles. The quantitative estimate of drug-likeness (QED) is 0.657. The monoisotopic (exact) mass is 292 g/mol. The van der Waals surface area contributed by atoms with Crippen molar-refractivity contribution < 1.29 is 13.2 Å². The van der Waals surface area contributed by atoms with Crippen molar-refractivity contribution in [1.82, 2.24) is 4.72 Å². The zero-order valence-electron chi connectivity index (χ0n) is 10.5. The largest absolute Gasteiger partial charge is 0.379 e. The van der Waals surface area contributed by atoms with Crippen LogP contribution in [0.25, 0.3) is 0 Å². The van der Waals surface area contributed by atoms with Crippen molar-refractivity contribution in [3.8, 4) is 0 Å². The van der Waals surface area contributed by atoms with Crippen LogP contribution in [-0.2, 0) is 27.7 Å². The molecule has 0 atom stereocenters. The molecule has 3 N–H and O–H groups in total. The van der Waals surface area contributed by atoms with Crippen LogP contribution in [-0.4, -0.2) is 33.9 Å². The van der Waals surface area contributed by atoms with Crippen molar-refractivity contribution in [3.63, 3.8) is 0 Å². The number of aryl methyl sites for hydroxylation is 1. The van der Waals surface area contributed by atoms with Gasteiger partial charge >= 0.3 is 0 Å². The molecule has 104 valence electrons. The van der Waals surface area contributed by atoms with Gasteiger partial charge in [-0.1, -0.05) is 6.92 Å². The Kier molecular flexibility index (Phi) is 6.80. The number of thiophene rings is 1. The Labute approximate surface area is 112 Å². The van der Waals surface area contributed by atoms with E-state index in [0.717, 1.165) is 11.3 Å². The van der Waals surface area contributed by atoms with E-state index in [2.05, 4.69) is 11.6 Å². The van der Waals surface area contributed by atoms with E-state index in [1.54, 1.807) is 11.3 Å². The molecule has 0 spiro atoms. The molecule has 0 aliphatic heterocycles. The minimum absolute atomic E-state index is 0.0288. The van der Waals surface area contributed by atoms with Crippen LogP contribution in [0, 0.1) is 0 Å². The highest BCUT2D eigenvalue weighted by molar-refractivity contribution is 7.89. The smallest absolute Gasteiger partial charge is 0.214 e. The highest BCUT2D eigenvalue weighted by Gasteiger charge is 2.10. The van der Waals surface area contributed by atoms with E-state index in [0.29, 0.717) is 19.7 Å². The normalized spacial score (nSPS) is 11.9. The van der Waals surface area contributed by atoms with Gasteiger partial charge in [-0.15, -0.1) is 11.3 Å². The van der Waals surface area contributed by atoms with Crippen molar-refractivity contribution >= 4 is 21.4 Å². The van der Waals surface area contributed by atoms with E-state index in [1.807, 2.05) is 12.1 Å². The molecule has 0 saturated carbocycles. The van der Waals surface area contributed by atoms with E-state index in [1.165, 1.54) is 4.88 Å². The van der Waals surface area contributed by atoms with Gasteiger partial charge in [0.25, 0.3) is 0 Å². The molecule has 0 aliphatic rings. The third-order valence-corrected chi connectivity index (χ3v) is 4.81. The first-order chi connectivity index (χ1) is 8.57.